The normalized spacial score (nSPS) is 10.5. The van der Waals surface area contributed by atoms with Crippen molar-refractivity contribution in [3.8, 4) is 11.5 Å². The van der Waals surface area contributed by atoms with Crippen molar-refractivity contribution in [3.63, 3.8) is 0 Å². The van der Waals surface area contributed by atoms with Gasteiger partial charge in [0.2, 0.25) is 0 Å². The lowest BCUT2D eigenvalue weighted by Gasteiger charge is -2.25. The fourth-order valence-corrected chi connectivity index (χ4v) is 5.53. The highest BCUT2D eigenvalue weighted by atomic mass is 28.4. The van der Waals surface area contributed by atoms with Gasteiger partial charge in [-0.05, 0) is 81.4 Å². The lowest BCUT2D eigenvalue weighted by Crippen LogP contribution is -2.38. The van der Waals surface area contributed by atoms with Gasteiger partial charge in [0, 0.05) is 13.2 Å². The molecule has 0 fully saturated rings. The molecular weight excluding hydrogens is 480 g/mol. The first-order valence-electron chi connectivity index (χ1n) is 11.8. The maximum atomic E-state index is 11.3. The smallest absolute Gasteiger partial charge is 0.337 e. The zero-order valence-electron chi connectivity index (χ0n) is 21.9. The Labute approximate surface area is 215 Å². The topological polar surface area (TPSA) is 89.5 Å². The second-order valence-corrected chi connectivity index (χ2v) is 10.9. The van der Waals surface area contributed by atoms with E-state index in [2.05, 4.69) is 22.6 Å². The van der Waals surface area contributed by atoms with Crippen molar-refractivity contribution in [2.24, 2.45) is 0 Å². The average Bonchev–Trinajstić information content (AvgIpc) is 2.90. The summed E-state index contributed by atoms with van der Waals surface area (Å²) in [5, 5.41) is 0. The van der Waals surface area contributed by atoms with Gasteiger partial charge in [0.1, 0.15) is 18.1 Å². The van der Waals surface area contributed by atoms with Crippen LogP contribution in [0.2, 0.25) is 12.6 Å². The number of rotatable bonds is 14. The first-order chi connectivity index (χ1) is 17.3. The van der Waals surface area contributed by atoms with Gasteiger partial charge in [-0.3, -0.25) is 0 Å². The van der Waals surface area contributed by atoms with E-state index in [4.69, 9.17) is 18.3 Å². The number of carbonyl (C=O) groups is 2. The molecule has 198 valence electrons. The number of ether oxygens (including phenoxy) is 4. The molecule has 0 N–H and O–H groups in total. The number of methoxy groups -OCH3 is 2. The highest BCUT2D eigenvalue weighted by Gasteiger charge is 2.29. The summed E-state index contributed by atoms with van der Waals surface area (Å²) in [6.45, 7) is 12.0. The highest BCUT2D eigenvalue weighted by Crippen LogP contribution is 2.18. The number of carbonyl (C=O) groups excluding carboxylic acids is 2. The fourth-order valence-electron chi connectivity index (χ4n) is 3.15. The maximum Gasteiger partial charge on any atom is 0.337 e. The van der Waals surface area contributed by atoms with E-state index in [-0.39, 0.29) is 11.9 Å². The van der Waals surface area contributed by atoms with Crippen LogP contribution in [-0.2, 0) is 18.3 Å². The molecule has 2 aromatic carbocycles. The summed E-state index contributed by atoms with van der Waals surface area (Å²) < 4.78 is 31.7. The molecule has 0 saturated carbocycles. The third-order valence-electron chi connectivity index (χ3n) is 4.86. The van der Waals surface area contributed by atoms with E-state index in [0.29, 0.717) is 43.3 Å². The minimum absolute atomic E-state index is 0.346. The van der Waals surface area contributed by atoms with Gasteiger partial charge in [0.05, 0.1) is 32.0 Å². The first kappa shape index (κ1) is 30.9. The molecule has 0 unspecified atom stereocenters. The third-order valence-corrected chi connectivity index (χ3v) is 7.92. The molecule has 2 rings (SSSR count). The Balaban J connectivity index is 0.000000397. The van der Waals surface area contributed by atoms with Crippen LogP contribution in [0.15, 0.2) is 61.2 Å². The van der Waals surface area contributed by atoms with Crippen LogP contribution in [0, 0.1) is 0 Å². The quantitative estimate of drug-likeness (QED) is 0.142. The van der Waals surface area contributed by atoms with Crippen molar-refractivity contribution in [2.45, 2.75) is 32.9 Å². The third kappa shape index (κ3) is 11.5. The predicted octanol–water partition coefficient (Wildman–Crippen LogP) is 5.43. The molecule has 9 heteroatoms. The van der Waals surface area contributed by atoms with E-state index in [0.717, 1.165) is 18.2 Å². The van der Waals surface area contributed by atoms with E-state index in [1.165, 1.54) is 14.2 Å². The van der Waals surface area contributed by atoms with Crippen LogP contribution in [0.3, 0.4) is 0 Å². The molecule has 36 heavy (non-hydrogen) atoms. The molecular formula is C27H38O8Si. The summed E-state index contributed by atoms with van der Waals surface area (Å²) in [7, 11) is 0.660. The zero-order valence-corrected chi connectivity index (χ0v) is 22.9. The van der Waals surface area contributed by atoms with Crippen molar-refractivity contribution in [3.05, 3.63) is 72.3 Å². The second-order valence-electron chi connectivity index (χ2n) is 7.58. The van der Waals surface area contributed by atoms with Gasteiger partial charge in [-0.2, -0.15) is 0 Å². The average molecular weight is 519 g/mol. The van der Waals surface area contributed by atoms with Gasteiger partial charge in [-0.25, -0.2) is 9.59 Å². The molecule has 0 spiro atoms. The molecule has 0 radical (unpaired) electrons. The van der Waals surface area contributed by atoms with Crippen molar-refractivity contribution in [1.82, 2.24) is 0 Å². The van der Waals surface area contributed by atoms with Gasteiger partial charge in [-0.1, -0.05) is 12.7 Å². The summed E-state index contributed by atoms with van der Waals surface area (Å²) in [5.41, 5.74) is 1.03. The van der Waals surface area contributed by atoms with E-state index in [1.807, 2.05) is 13.8 Å². The monoisotopic (exact) mass is 518 g/mol. The second kappa shape index (κ2) is 17.3. The summed E-state index contributed by atoms with van der Waals surface area (Å²) in [4.78, 5) is 22.4. The number of hydrogen-bond acceptors (Lipinski definition) is 8. The lowest BCUT2D eigenvalue weighted by molar-refractivity contribution is 0.0591. The SMILES string of the molecule is C=CCOc1ccc(C(=O)OC)cc1.CCO[Si](C)(CCCOc1ccc(C(=O)OC)cc1)OCC. The van der Waals surface area contributed by atoms with Crippen molar-refractivity contribution >= 4 is 20.5 Å². The molecule has 0 saturated heterocycles. The van der Waals surface area contributed by atoms with Crippen molar-refractivity contribution < 1.29 is 37.4 Å². The first-order valence-corrected chi connectivity index (χ1v) is 14.4. The van der Waals surface area contributed by atoms with E-state index < -0.39 is 8.56 Å². The molecule has 0 aliphatic carbocycles. The highest BCUT2D eigenvalue weighted by molar-refractivity contribution is 6.66. The zero-order chi connectivity index (χ0) is 26.8. The van der Waals surface area contributed by atoms with Crippen LogP contribution in [0.25, 0.3) is 0 Å². The minimum atomic E-state index is -2.06. The fraction of sp³-hybridized carbons (Fsp3) is 0.407. The van der Waals surface area contributed by atoms with Crippen LogP contribution in [0.5, 0.6) is 11.5 Å². The molecule has 0 aliphatic rings. The van der Waals surface area contributed by atoms with E-state index in [1.54, 1.807) is 54.6 Å². The Morgan fingerprint density at radius 3 is 1.64 bits per heavy atom. The Bertz CT molecular complexity index is 906. The Morgan fingerprint density at radius 1 is 0.806 bits per heavy atom. The Hall–Kier alpha value is -3.14. The van der Waals surface area contributed by atoms with Gasteiger partial charge in [0.25, 0.3) is 0 Å². The van der Waals surface area contributed by atoms with Gasteiger partial charge >= 0.3 is 20.5 Å². The van der Waals surface area contributed by atoms with Crippen LogP contribution in [0.4, 0.5) is 0 Å². The summed E-state index contributed by atoms with van der Waals surface area (Å²) in [6.07, 6.45) is 2.54. The van der Waals surface area contributed by atoms with Crippen LogP contribution >= 0.6 is 0 Å². The molecule has 0 aliphatic heterocycles. The van der Waals surface area contributed by atoms with Crippen LogP contribution < -0.4 is 9.47 Å². The van der Waals surface area contributed by atoms with Crippen LogP contribution in [-0.4, -0.2) is 61.1 Å². The molecule has 0 atom stereocenters. The van der Waals surface area contributed by atoms with E-state index in [9.17, 15) is 9.59 Å². The predicted molar refractivity (Wildman–Crippen MR) is 141 cm³/mol. The van der Waals surface area contributed by atoms with Gasteiger partial charge < -0.3 is 27.8 Å². The number of benzene rings is 2. The van der Waals surface area contributed by atoms with Crippen molar-refractivity contribution in [1.29, 1.82) is 0 Å². The molecule has 0 amide bonds. The lowest BCUT2D eigenvalue weighted by atomic mass is 10.2. The molecule has 2 aromatic rings. The Morgan fingerprint density at radius 2 is 1.25 bits per heavy atom. The largest absolute Gasteiger partial charge is 0.494 e. The summed E-state index contributed by atoms with van der Waals surface area (Å²) >= 11 is 0. The Kier molecular flexibility index (Phi) is 14.9. The molecule has 0 bridgehead atoms. The van der Waals surface area contributed by atoms with Crippen molar-refractivity contribution in [2.75, 3.05) is 40.6 Å². The number of hydrogen-bond donors (Lipinski definition) is 0. The maximum absolute atomic E-state index is 11.3. The summed E-state index contributed by atoms with van der Waals surface area (Å²) in [5.74, 6) is 0.753. The number of esters is 2. The van der Waals surface area contributed by atoms with Crippen LogP contribution in [0.1, 0.15) is 41.0 Å². The molecule has 0 heterocycles. The summed E-state index contributed by atoms with van der Waals surface area (Å²) in [6, 6.07) is 14.6. The minimum Gasteiger partial charge on any atom is -0.494 e. The van der Waals surface area contributed by atoms with Gasteiger partial charge in [0.15, 0.2) is 0 Å². The molecule has 8 nitrogen and oxygen atoms in total. The van der Waals surface area contributed by atoms with Gasteiger partial charge in [-0.15, -0.1) is 0 Å². The van der Waals surface area contributed by atoms with E-state index >= 15 is 0 Å². The standard InChI is InChI=1S/C16H26O5Si.C11H12O3/c1-5-20-22(4,21-6-2)13-7-12-19-15-10-8-14(9-11-15)16(17)18-3;1-3-8-14-10-6-4-9(5-7-10)11(12)13-2/h8-11H,5-7,12-13H2,1-4H3;3-7H,1,8H2,2H3. The molecule has 0 aromatic heterocycles.